The summed E-state index contributed by atoms with van der Waals surface area (Å²) in [5, 5.41) is 14.7. The lowest BCUT2D eigenvalue weighted by molar-refractivity contribution is -0.118. The Hall–Kier alpha value is -4.13. The minimum absolute atomic E-state index is 0.0508. The average molecular weight is 471 g/mol. The van der Waals surface area contributed by atoms with Gasteiger partial charge in [0.25, 0.3) is 0 Å². The van der Waals surface area contributed by atoms with E-state index in [9.17, 15) is 19.5 Å². The van der Waals surface area contributed by atoms with Gasteiger partial charge in [0.2, 0.25) is 5.91 Å². The molecule has 0 bridgehead atoms. The number of hydrogen-bond acceptors (Lipinski definition) is 4. The Balaban J connectivity index is 1.24. The molecule has 2 aliphatic carbocycles. The van der Waals surface area contributed by atoms with Gasteiger partial charge in [-0.05, 0) is 71.7 Å². The molecule has 1 unspecified atom stereocenters. The van der Waals surface area contributed by atoms with Crippen LogP contribution in [0.5, 0.6) is 0 Å². The maximum Gasteiger partial charge on any atom is 0.407 e. The lowest BCUT2D eigenvalue weighted by Crippen LogP contribution is -2.45. The van der Waals surface area contributed by atoms with Crippen molar-refractivity contribution in [1.29, 1.82) is 0 Å². The average Bonchev–Trinajstić information content (AvgIpc) is 3.63. The number of ether oxygens (including phenoxy) is 1. The van der Waals surface area contributed by atoms with Crippen LogP contribution in [0.25, 0.3) is 11.1 Å². The van der Waals surface area contributed by atoms with Crippen LogP contribution in [0, 0.1) is 12.8 Å². The maximum atomic E-state index is 12.9. The third-order valence-corrected chi connectivity index (χ3v) is 6.72. The van der Waals surface area contributed by atoms with Gasteiger partial charge in [0.15, 0.2) is 0 Å². The number of nitrogens with one attached hydrogen (secondary N) is 2. The number of aromatic carboxylic acids is 1. The van der Waals surface area contributed by atoms with E-state index in [0.29, 0.717) is 11.3 Å². The molecule has 178 valence electrons. The van der Waals surface area contributed by atoms with Crippen molar-refractivity contribution in [3.63, 3.8) is 0 Å². The normalized spacial score (nSPS) is 15.0. The highest BCUT2D eigenvalue weighted by molar-refractivity contribution is 5.98. The third kappa shape index (κ3) is 4.62. The SMILES string of the molecule is Cc1cc(NC(=O)C(NC(=O)OCC2c3ccccc3-c3ccccc32)C2CC2)ccc1C(=O)O. The van der Waals surface area contributed by atoms with Crippen molar-refractivity contribution in [2.75, 3.05) is 11.9 Å². The second kappa shape index (κ2) is 9.25. The van der Waals surface area contributed by atoms with Crippen LogP contribution >= 0.6 is 0 Å². The van der Waals surface area contributed by atoms with E-state index in [1.165, 1.54) is 6.07 Å². The third-order valence-electron chi connectivity index (χ3n) is 6.72. The number of alkyl carbamates (subject to hydrolysis) is 1. The summed E-state index contributed by atoms with van der Waals surface area (Å²) in [4.78, 5) is 36.9. The highest BCUT2D eigenvalue weighted by Crippen LogP contribution is 2.44. The van der Waals surface area contributed by atoms with E-state index in [1.54, 1.807) is 19.1 Å². The molecular weight excluding hydrogens is 444 g/mol. The van der Waals surface area contributed by atoms with E-state index in [1.807, 2.05) is 24.3 Å². The molecule has 0 radical (unpaired) electrons. The number of carboxylic acids is 1. The minimum atomic E-state index is -1.02. The largest absolute Gasteiger partial charge is 0.478 e. The number of rotatable bonds is 7. The molecule has 0 spiro atoms. The predicted octanol–water partition coefficient (Wildman–Crippen LogP) is 4.95. The lowest BCUT2D eigenvalue weighted by atomic mass is 9.98. The number of carbonyl (C=O) groups is 3. The predicted molar refractivity (Wildman–Crippen MR) is 131 cm³/mol. The molecule has 0 aromatic heterocycles. The quantitative estimate of drug-likeness (QED) is 0.453. The molecule has 5 rings (SSSR count). The maximum absolute atomic E-state index is 12.9. The highest BCUT2D eigenvalue weighted by Gasteiger charge is 2.38. The number of fused-ring (bicyclic) bond motifs is 3. The molecule has 1 saturated carbocycles. The molecule has 0 aliphatic heterocycles. The number of carbonyl (C=O) groups excluding carboxylic acids is 2. The molecular formula is C28H26N2O5. The molecule has 2 amide bonds. The Morgan fingerprint density at radius 1 is 0.971 bits per heavy atom. The first-order chi connectivity index (χ1) is 16.9. The fourth-order valence-corrected chi connectivity index (χ4v) is 4.80. The van der Waals surface area contributed by atoms with Crippen molar-refractivity contribution in [3.8, 4) is 11.1 Å². The fraction of sp³-hybridized carbons (Fsp3) is 0.250. The number of anilines is 1. The zero-order chi connectivity index (χ0) is 24.5. The van der Waals surface area contributed by atoms with Gasteiger partial charge in [-0.15, -0.1) is 0 Å². The first-order valence-electron chi connectivity index (χ1n) is 11.7. The Bertz CT molecular complexity index is 1270. The van der Waals surface area contributed by atoms with E-state index >= 15 is 0 Å². The smallest absolute Gasteiger partial charge is 0.407 e. The molecule has 0 saturated heterocycles. The highest BCUT2D eigenvalue weighted by atomic mass is 16.5. The van der Waals surface area contributed by atoms with Crippen molar-refractivity contribution in [1.82, 2.24) is 5.32 Å². The Morgan fingerprint density at radius 2 is 1.60 bits per heavy atom. The van der Waals surface area contributed by atoms with Gasteiger partial charge < -0.3 is 20.5 Å². The van der Waals surface area contributed by atoms with E-state index in [4.69, 9.17) is 4.74 Å². The van der Waals surface area contributed by atoms with Gasteiger partial charge in [-0.3, -0.25) is 4.79 Å². The minimum Gasteiger partial charge on any atom is -0.478 e. The molecule has 7 heteroatoms. The Morgan fingerprint density at radius 3 is 2.17 bits per heavy atom. The molecule has 3 N–H and O–H groups in total. The van der Waals surface area contributed by atoms with Crippen LogP contribution in [0.2, 0.25) is 0 Å². The van der Waals surface area contributed by atoms with Gasteiger partial charge in [-0.2, -0.15) is 0 Å². The molecule has 3 aromatic carbocycles. The van der Waals surface area contributed by atoms with Crippen LogP contribution in [0.1, 0.15) is 45.8 Å². The number of amides is 2. The second-order valence-corrected chi connectivity index (χ2v) is 9.11. The zero-order valence-corrected chi connectivity index (χ0v) is 19.3. The monoisotopic (exact) mass is 470 g/mol. The molecule has 1 atom stereocenters. The lowest BCUT2D eigenvalue weighted by Gasteiger charge is -2.20. The van der Waals surface area contributed by atoms with Gasteiger partial charge in [0.05, 0.1) is 5.56 Å². The van der Waals surface area contributed by atoms with Crippen LogP contribution in [0.4, 0.5) is 10.5 Å². The summed E-state index contributed by atoms with van der Waals surface area (Å²) in [5.41, 5.74) is 5.75. The summed E-state index contributed by atoms with van der Waals surface area (Å²) in [6.07, 6.45) is 1.06. The van der Waals surface area contributed by atoms with Crippen molar-refractivity contribution < 1.29 is 24.2 Å². The number of carboxylic acid groups (broad SMARTS) is 1. The molecule has 2 aliphatic rings. The van der Waals surface area contributed by atoms with Crippen LogP contribution in [0.3, 0.4) is 0 Å². The molecule has 7 nitrogen and oxygen atoms in total. The summed E-state index contributed by atoms with van der Waals surface area (Å²) in [7, 11) is 0. The first-order valence-corrected chi connectivity index (χ1v) is 11.7. The zero-order valence-electron chi connectivity index (χ0n) is 19.3. The molecule has 1 fully saturated rings. The Kier molecular flexibility index (Phi) is 5.99. The van der Waals surface area contributed by atoms with Crippen molar-refractivity contribution in [2.24, 2.45) is 5.92 Å². The summed E-state index contributed by atoms with van der Waals surface area (Å²) in [5.74, 6) is -1.37. The van der Waals surface area contributed by atoms with Crippen molar-refractivity contribution in [2.45, 2.75) is 31.7 Å². The summed E-state index contributed by atoms with van der Waals surface area (Å²) >= 11 is 0. The van der Waals surface area contributed by atoms with E-state index in [0.717, 1.165) is 35.1 Å². The van der Waals surface area contributed by atoms with E-state index < -0.39 is 18.1 Å². The number of aryl methyl sites for hydroxylation is 1. The topological polar surface area (TPSA) is 105 Å². The van der Waals surface area contributed by atoms with E-state index in [2.05, 4.69) is 34.9 Å². The standard InChI is InChI=1S/C28H26N2O5/c1-16-14-18(12-13-19(16)27(32)33)29-26(31)25(17-10-11-17)30-28(34)35-15-24-22-8-4-2-6-20(22)21-7-3-5-9-23(21)24/h2-9,12-14,17,24-25H,10-11,15H2,1H3,(H,29,31)(H,30,34)(H,32,33). The molecule has 35 heavy (non-hydrogen) atoms. The fourth-order valence-electron chi connectivity index (χ4n) is 4.80. The summed E-state index contributed by atoms with van der Waals surface area (Å²) in [6.45, 7) is 1.85. The van der Waals surface area contributed by atoms with Crippen molar-refractivity contribution in [3.05, 3.63) is 89.0 Å². The molecule has 0 heterocycles. The van der Waals surface area contributed by atoms with Crippen molar-refractivity contribution >= 4 is 23.7 Å². The van der Waals surface area contributed by atoms with Crippen LogP contribution in [-0.2, 0) is 9.53 Å². The van der Waals surface area contributed by atoms with Crippen LogP contribution < -0.4 is 10.6 Å². The summed E-state index contributed by atoms with van der Waals surface area (Å²) < 4.78 is 5.61. The van der Waals surface area contributed by atoms with Crippen LogP contribution in [0.15, 0.2) is 66.7 Å². The Labute approximate surface area is 203 Å². The number of hydrogen-bond donors (Lipinski definition) is 3. The van der Waals surface area contributed by atoms with E-state index in [-0.39, 0.29) is 29.9 Å². The van der Waals surface area contributed by atoms with Gasteiger partial charge in [0.1, 0.15) is 12.6 Å². The van der Waals surface area contributed by atoms with Crippen LogP contribution in [-0.4, -0.2) is 35.7 Å². The number of benzene rings is 3. The van der Waals surface area contributed by atoms with Gasteiger partial charge in [-0.25, -0.2) is 9.59 Å². The molecule has 3 aromatic rings. The van der Waals surface area contributed by atoms with Gasteiger partial charge >= 0.3 is 12.1 Å². The van der Waals surface area contributed by atoms with Gasteiger partial charge in [0, 0.05) is 11.6 Å². The summed E-state index contributed by atoms with van der Waals surface area (Å²) in [6, 6.07) is 20.1. The van der Waals surface area contributed by atoms with Gasteiger partial charge in [-0.1, -0.05) is 48.5 Å². The second-order valence-electron chi connectivity index (χ2n) is 9.11. The first kappa shape index (κ1) is 22.7.